The molecule has 0 spiro atoms. The van der Waals surface area contributed by atoms with E-state index in [0.717, 1.165) is 11.8 Å². The van der Waals surface area contributed by atoms with Gasteiger partial charge in [0, 0.05) is 0 Å². The van der Waals surface area contributed by atoms with E-state index in [0.29, 0.717) is 17.8 Å². The van der Waals surface area contributed by atoms with Gasteiger partial charge in [-0.1, -0.05) is 0 Å². The number of aromatic nitrogens is 3. The number of hydrogen-bond donors (Lipinski definition) is 1. The standard InChI is InChI=1S/C15H21N3O2/c19-14(20)6-13(18-8-16-7-17-18)15-11-2-9-1-10(4-11)5-12(15)3-9/h7-13,15H,1-6H2,(H,19,20). The first kappa shape index (κ1) is 12.4. The molecule has 4 fully saturated rings. The molecule has 108 valence electrons. The van der Waals surface area contributed by atoms with E-state index < -0.39 is 5.97 Å². The maximum absolute atomic E-state index is 11.3. The molecule has 0 aliphatic heterocycles. The molecular formula is C15H21N3O2. The summed E-state index contributed by atoms with van der Waals surface area (Å²) in [7, 11) is 0. The number of carboxylic acid groups (broad SMARTS) is 1. The average Bonchev–Trinajstić information content (AvgIpc) is 2.89. The summed E-state index contributed by atoms with van der Waals surface area (Å²) in [5, 5.41) is 13.5. The normalized spacial score (nSPS) is 39.9. The van der Waals surface area contributed by atoms with E-state index in [9.17, 15) is 9.90 Å². The van der Waals surface area contributed by atoms with Crippen LogP contribution >= 0.6 is 0 Å². The van der Waals surface area contributed by atoms with E-state index >= 15 is 0 Å². The van der Waals surface area contributed by atoms with Crippen LogP contribution in [0.5, 0.6) is 0 Å². The molecule has 1 N–H and O–H groups in total. The number of aliphatic carboxylic acids is 1. The smallest absolute Gasteiger partial charge is 0.305 e. The molecular weight excluding hydrogens is 254 g/mol. The van der Waals surface area contributed by atoms with Gasteiger partial charge in [0.05, 0.1) is 12.5 Å². The minimum Gasteiger partial charge on any atom is -0.481 e. The largest absolute Gasteiger partial charge is 0.481 e. The van der Waals surface area contributed by atoms with Crippen LogP contribution < -0.4 is 0 Å². The molecule has 1 heterocycles. The van der Waals surface area contributed by atoms with Gasteiger partial charge >= 0.3 is 5.97 Å². The molecule has 0 saturated heterocycles. The Morgan fingerprint density at radius 3 is 2.35 bits per heavy atom. The molecule has 4 saturated carbocycles. The molecule has 0 aromatic carbocycles. The fourth-order valence-electron chi connectivity index (χ4n) is 5.57. The fourth-order valence-corrected chi connectivity index (χ4v) is 5.57. The summed E-state index contributed by atoms with van der Waals surface area (Å²) in [6.07, 6.45) is 10.0. The van der Waals surface area contributed by atoms with Crippen LogP contribution in [0, 0.1) is 29.6 Å². The fraction of sp³-hybridized carbons (Fsp3) is 0.800. The molecule has 20 heavy (non-hydrogen) atoms. The molecule has 4 bridgehead atoms. The van der Waals surface area contributed by atoms with Crippen LogP contribution in [0.3, 0.4) is 0 Å². The van der Waals surface area contributed by atoms with Crippen LogP contribution in [-0.2, 0) is 4.79 Å². The van der Waals surface area contributed by atoms with Crippen LogP contribution in [0.2, 0.25) is 0 Å². The highest BCUT2D eigenvalue weighted by molar-refractivity contribution is 5.67. The lowest BCUT2D eigenvalue weighted by molar-refractivity contribution is -0.140. The topological polar surface area (TPSA) is 68.0 Å². The van der Waals surface area contributed by atoms with Crippen molar-refractivity contribution in [3.63, 3.8) is 0 Å². The van der Waals surface area contributed by atoms with Gasteiger partial charge in [0.2, 0.25) is 0 Å². The third-order valence-corrected chi connectivity index (χ3v) is 5.90. The van der Waals surface area contributed by atoms with Gasteiger partial charge in [-0.3, -0.25) is 4.79 Å². The van der Waals surface area contributed by atoms with Crippen molar-refractivity contribution in [3.05, 3.63) is 12.7 Å². The Bertz CT molecular complexity index is 471. The lowest BCUT2D eigenvalue weighted by Crippen LogP contribution is -2.48. The summed E-state index contributed by atoms with van der Waals surface area (Å²) >= 11 is 0. The summed E-state index contributed by atoms with van der Waals surface area (Å²) in [4.78, 5) is 15.3. The Kier molecular flexibility index (Phi) is 2.82. The summed E-state index contributed by atoms with van der Waals surface area (Å²) in [6, 6.07) is -0.00926. The molecule has 5 rings (SSSR count). The molecule has 1 atom stereocenters. The van der Waals surface area contributed by atoms with Gasteiger partial charge in [0.25, 0.3) is 0 Å². The number of carboxylic acids is 1. The highest BCUT2D eigenvalue weighted by atomic mass is 16.4. The number of hydrogen-bond acceptors (Lipinski definition) is 3. The van der Waals surface area contributed by atoms with Gasteiger partial charge in [-0.2, -0.15) is 5.10 Å². The Balaban J connectivity index is 1.64. The predicted octanol–water partition coefficient (Wildman–Crippen LogP) is 2.37. The third kappa shape index (κ3) is 1.95. The molecule has 0 amide bonds. The van der Waals surface area contributed by atoms with Gasteiger partial charge in [-0.05, 0) is 61.7 Å². The molecule has 4 aliphatic carbocycles. The summed E-state index contributed by atoms with van der Waals surface area (Å²) in [6.45, 7) is 0. The van der Waals surface area contributed by atoms with E-state index in [-0.39, 0.29) is 12.5 Å². The van der Waals surface area contributed by atoms with E-state index in [1.807, 2.05) is 0 Å². The molecule has 0 radical (unpaired) electrons. The first-order valence-corrected chi connectivity index (χ1v) is 7.76. The van der Waals surface area contributed by atoms with Crippen molar-refractivity contribution in [1.82, 2.24) is 14.8 Å². The SMILES string of the molecule is O=C(O)CC(C1C2CC3CC(C2)CC1C3)n1cncn1. The molecule has 1 unspecified atom stereocenters. The van der Waals surface area contributed by atoms with Crippen LogP contribution in [-0.4, -0.2) is 25.8 Å². The van der Waals surface area contributed by atoms with Crippen LogP contribution in [0.25, 0.3) is 0 Å². The highest BCUT2D eigenvalue weighted by Gasteiger charge is 2.51. The average molecular weight is 275 g/mol. The van der Waals surface area contributed by atoms with E-state index in [4.69, 9.17) is 0 Å². The Hall–Kier alpha value is -1.39. The zero-order chi connectivity index (χ0) is 13.7. The van der Waals surface area contributed by atoms with Gasteiger partial charge in [-0.25, -0.2) is 9.67 Å². The van der Waals surface area contributed by atoms with E-state index in [1.165, 1.54) is 38.4 Å². The minimum absolute atomic E-state index is 0.00926. The minimum atomic E-state index is -0.723. The lowest BCUT2D eigenvalue weighted by Gasteiger charge is -2.56. The van der Waals surface area contributed by atoms with Crippen LogP contribution in [0.1, 0.15) is 44.6 Å². The molecule has 5 nitrogen and oxygen atoms in total. The maximum Gasteiger partial charge on any atom is 0.305 e. The number of rotatable bonds is 4. The van der Waals surface area contributed by atoms with Crippen molar-refractivity contribution in [2.75, 3.05) is 0 Å². The first-order chi connectivity index (χ1) is 9.70. The molecule has 5 heteroatoms. The Labute approximate surface area is 118 Å². The molecule has 4 aliphatic rings. The van der Waals surface area contributed by atoms with Crippen molar-refractivity contribution in [1.29, 1.82) is 0 Å². The zero-order valence-corrected chi connectivity index (χ0v) is 11.6. The zero-order valence-electron chi connectivity index (χ0n) is 11.6. The van der Waals surface area contributed by atoms with Crippen LogP contribution in [0.15, 0.2) is 12.7 Å². The van der Waals surface area contributed by atoms with Gasteiger partial charge in [0.15, 0.2) is 0 Å². The highest BCUT2D eigenvalue weighted by Crippen LogP contribution is 2.59. The van der Waals surface area contributed by atoms with Crippen molar-refractivity contribution < 1.29 is 9.90 Å². The first-order valence-electron chi connectivity index (χ1n) is 7.76. The van der Waals surface area contributed by atoms with E-state index in [1.54, 1.807) is 11.0 Å². The number of carbonyl (C=O) groups is 1. The van der Waals surface area contributed by atoms with Crippen molar-refractivity contribution in [2.45, 2.75) is 44.6 Å². The van der Waals surface area contributed by atoms with Gasteiger partial charge in [-0.15, -0.1) is 0 Å². The summed E-state index contributed by atoms with van der Waals surface area (Å²) < 4.78 is 1.81. The Morgan fingerprint density at radius 2 is 1.85 bits per heavy atom. The molecule has 1 aromatic heterocycles. The summed E-state index contributed by atoms with van der Waals surface area (Å²) in [5.41, 5.74) is 0. The second kappa shape index (κ2) is 4.57. The van der Waals surface area contributed by atoms with E-state index in [2.05, 4.69) is 10.1 Å². The third-order valence-electron chi connectivity index (χ3n) is 5.90. The maximum atomic E-state index is 11.3. The van der Waals surface area contributed by atoms with Crippen molar-refractivity contribution in [3.8, 4) is 0 Å². The van der Waals surface area contributed by atoms with Crippen molar-refractivity contribution in [2.24, 2.45) is 29.6 Å². The monoisotopic (exact) mass is 275 g/mol. The van der Waals surface area contributed by atoms with Crippen molar-refractivity contribution >= 4 is 5.97 Å². The summed E-state index contributed by atoms with van der Waals surface area (Å²) in [5.74, 6) is 3.00. The van der Waals surface area contributed by atoms with Crippen LogP contribution in [0.4, 0.5) is 0 Å². The second-order valence-corrected chi connectivity index (χ2v) is 7.05. The van der Waals surface area contributed by atoms with Gasteiger partial charge < -0.3 is 5.11 Å². The Morgan fingerprint density at radius 1 is 1.20 bits per heavy atom. The number of nitrogens with zero attached hydrogens (tertiary/aromatic N) is 3. The van der Waals surface area contributed by atoms with Gasteiger partial charge in [0.1, 0.15) is 12.7 Å². The quantitative estimate of drug-likeness (QED) is 0.916. The lowest BCUT2D eigenvalue weighted by atomic mass is 9.50. The molecule has 1 aromatic rings. The second-order valence-electron chi connectivity index (χ2n) is 7.05. The predicted molar refractivity (Wildman–Crippen MR) is 71.8 cm³/mol.